The topological polar surface area (TPSA) is 94.3 Å². The van der Waals surface area contributed by atoms with E-state index in [1.54, 1.807) is 13.8 Å². The molecule has 0 aromatic carbocycles. The normalized spacial score (nSPS) is 29.8. The standard InChI is InChI=1S/C9H19NO4S2/c1-8(2)16(13,14)6-4-9(10)3-5-15(11,12)7-9/h8H,3-7,10H2,1-2H3. The van der Waals surface area contributed by atoms with Gasteiger partial charge in [-0.05, 0) is 26.7 Å². The van der Waals surface area contributed by atoms with Crippen molar-refractivity contribution in [3.63, 3.8) is 0 Å². The molecular formula is C9H19NO4S2. The molecule has 1 aliphatic heterocycles. The minimum Gasteiger partial charge on any atom is -0.324 e. The van der Waals surface area contributed by atoms with Crippen LogP contribution < -0.4 is 5.73 Å². The summed E-state index contributed by atoms with van der Waals surface area (Å²) in [7, 11) is -6.20. The lowest BCUT2D eigenvalue weighted by atomic mass is 9.97. The Morgan fingerprint density at radius 3 is 2.31 bits per heavy atom. The number of rotatable bonds is 4. The molecule has 2 N–H and O–H groups in total. The van der Waals surface area contributed by atoms with Crippen molar-refractivity contribution >= 4 is 19.7 Å². The van der Waals surface area contributed by atoms with Gasteiger partial charge in [-0.1, -0.05) is 0 Å². The molecule has 0 bridgehead atoms. The van der Waals surface area contributed by atoms with E-state index in [1.165, 1.54) is 0 Å². The highest BCUT2D eigenvalue weighted by Gasteiger charge is 2.39. The fraction of sp³-hybridized carbons (Fsp3) is 1.00. The van der Waals surface area contributed by atoms with Crippen molar-refractivity contribution in [2.45, 2.75) is 37.5 Å². The third-order valence-electron chi connectivity index (χ3n) is 3.02. The first-order chi connectivity index (χ1) is 7.06. The van der Waals surface area contributed by atoms with Crippen molar-refractivity contribution in [2.24, 2.45) is 5.73 Å². The van der Waals surface area contributed by atoms with E-state index in [9.17, 15) is 16.8 Å². The Bertz CT molecular complexity index is 452. The van der Waals surface area contributed by atoms with E-state index in [4.69, 9.17) is 5.73 Å². The fourth-order valence-electron chi connectivity index (χ4n) is 1.72. The van der Waals surface area contributed by atoms with Gasteiger partial charge in [0.1, 0.15) is 0 Å². The van der Waals surface area contributed by atoms with E-state index < -0.39 is 30.5 Å². The second-order valence-electron chi connectivity index (χ2n) is 4.87. The van der Waals surface area contributed by atoms with Gasteiger partial charge in [0, 0.05) is 5.54 Å². The highest BCUT2D eigenvalue weighted by molar-refractivity contribution is 7.92. The second-order valence-corrected chi connectivity index (χ2v) is 9.73. The fourth-order valence-corrected chi connectivity index (χ4v) is 4.91. The van der Waals surface area contributed by atoms with Crippen LogP contribution in [0, 0.1) is 0 Å². The van der Waals surface area contributed by atoms with Gasteiger partial charge in [0.25, 0.3) is 0 Å². The predicted molar refractivity (Wildman–Crippen MR) is 63.7 cm³/mol. The summed E-state index contributed by atoms with van der Waals surface area (Å²) in [5.41, 5.74) is 5.05. The maximum absolute atomic E-state index is 11.6. The van der Waals surface area contributed by atoms with Gasteiger partial charge in [0.2, 0.25) is 0 Å². The Kier molecular flexibility index (Phi) is 3.71. The molecule has 0 aromatic rings. The molecule has 1 heterocycles. The van der Waals surface area contributed by atoms with Gasteiger partial charge in [-0.3, -0.25) is 0 Å². The molecule has 1 unspecified atom stereocenters. The summed E-state index contributed by atoms with van der Waals surface area (Å²) in [6, 6.07) is 0. The number of hydrogen-bond acceptors (Lipinski definition) is 5. The van der Waals surface area contributed by atoms with Crippen LogP contribution in [0.15, 0.2) is 0 Å². The summed E-state index contributed by atoms with van der Waals surface area (Å²) in [5.74, 6) is -0.0461. The zero-order valence-electron chi connectivity index (χ0n) is 9.64. The Morgan fingerprint density at radius 2 is 1.94 bits per heavy atom. The van der Waals surface area contributed by atoms with Crippen LogP contribution in [-0.2, 0) is 19.7 Å². The third kappa shape index (κ3) is 3.43. The van der Waals surface area contributed by atoms with Gasteiger partial charge in [-0.25, -0.2) is 16.8 Å². The van der Waals surface area contributed by atoms with Crippen molar-refractivity contribution in [2.75, 3.05) is 17.3 Å². The lowest BCUT2D eigenvalue weighted by molar-refractivity contribution is 0.459. The van der Waals surface area contributed by atoms with Crippen LogP contribution in [0.1, 0.15) is 26.7 Å². The first-order valence-corrected chi connectivity index (χ1v) is 8.81. The second kappa shape index (κ2) is 4.27. The summed E-state index contributed by atoms with van der Waals surface area (Å²) in [6.07, 6.45) is 0.593. The van der Waals surface area contributed by atoms with Crippen LogP contribution in [0.4, 0.5) is 0 Å². The molecule has 1 aliphatic rings. The van der Waals surface area contributed by atoms with Crippen molar-refractivity contribution in [1.29, 1.82) is 0 Å². The molecule has 96 valence electrons. The molecule has 16 heavy (non-hydrogen) atoms. The Morgan fingerprint density at radius 1 is 1.38 bits per heavy atom. The van der Waals surface area contributed by atoms with Crippen LogP contribution in [0.5, 0.6) is 0 Å². The minimum atomic E-state index is -3.14. The first-order valence-electron chi connectivity index (χ1n) is 5.27. The van der Waals surface area contributed by atoms with Crippen molar-refractivity contribution in [3.8, 4) is 0 Å². The number of hydrogen-bond donors (Lipinski definition) is 1. The summed E-state index contributed by atoms with van der Waals surface area (Å²) < 4.78 is 45.7. The molecule has 1 atom stereocenters. The van der Waals surface area contributed by atoms with Crippen molar-refractivity contribution in [3.05, 3.63) is 0 Å². The molecule has 0 aliphatic carbocycles. The molecule has 1 rings (SSSR count). The summed E-state index contributed by atoms with van der Waals surface area (Å²) in [5, 5.41) is -0.436. The van der Waals surface area contributed by atoms with Crippen LogP contribution in [0.25, 0.3) is 0 Å². The van der Waals surface area contributed by atoms with E-state index in [-0.39, 0.29) is 23.7 Å². The van der Waals surface area contributed by atoms with Crippen molar-refractivity contribution in [1.82, 2.24) is 0 Å². The third-order valence-corrected chi connectivity index (χ3v) is 7.07. The summed E-state index contributed by atoms with van der Waals surface area (Å²) in [6.45, 7) is 3.23. The molecule has 7 heteroatoms. The SMILES string of the molecule is CC(C)S(=O)(=O)CCC1(N)CCS(=O)(=O)C1. The number of sulfone groups is 2. The van der Waals surface area contributed by atoms with Gasteiger partial charge in [-0.15, -0.1) is 0 Å². The van der Waals surface area contributed by atoms with Crippen LogP contribution in [0.3, 0.4) is 0 Å². The molecule has 1 fully saturated rings. The Hall–Kier alpha value is -0.140. The maximum atomic E-state index is 11.6. The molecule has 0 saturated carbocycles. The molecule has 0 aromatic heterocycles. The quantitative estimate of drug-likeness (QED) is 0.757. The van der Waals surface area contributed by atoms with E-state index in [2.05, 4.69) is 0 Å². The van der Waals surface area contributed by atoms with Crippen LogP contribution >= 0.6 is 0 Å². The maximum Gasteiger partial charge on any atom is 0.152 e. The number of nitrogens with two attached hydrogens (primary N) is 1. The molecular weight excluding hydrogens is 250 g/mol. The summed E-state index contributed by atoms with van der Waals surface area (Å²) in [4.78, 5) is 0. The van der Waals surface area contributed by atoms with Gasteiger partial charge in [-0.2, -0.15) is 0 Å². The first kappa shape index (κ1) is 13.9. The lowest BCUT2D eigenvalue weighted by Crippen LogP contribution is -2.43. The average molecular weight is 269 g/mol. The van der Waals surface area contributed by atoms with Crippen LogP contribution in [-0.4, -0.2) is 44.9 Å². The van der Waals surface area contributed by atoms with E-state index in [0.717, 1.165) is 0 Å². The monoisotopic (exact) mass is 269 g/mol. The smallest absolute Gasteiger partial charge is 0.152 e. The molecule has 5 nitrogen and oxygen atoms in total. The Balaban J connectivity index is 2.64. The molecule has 0 spiro atoms. The highest BCUT2D eigenvalue weighted by Crippen LogP contribution is 2.25. The zero-order chi connectivity index (χ0) is 12.6. The van der Waals surface area contributed by atoms with Gasteiger partial charge < -0.3 is 5.73 Å². The minimum absolute atomic E-state index is 0.0311. The molecule has 0 radical (unpaired) electrons. The van der Waals surface area contributed by atoms with Gasteiger partial charge in [0.05, 0.1) is 22.5 Å². The van der Waals surface area contributed by atoms with Crippen molar-refractivity contribution < 1.29 is 16.8 Å². The lowest BCUT2D eigenvalue weighted by Gasteiger charge is -2.22. The largest absolute Gasteiger partial charge is 0.324 e. The zero-order valence-corrected chi connectivity index (χ0v) is 11.3. The Labute approximate surface area is 97.2 Å². The van der Waals surface area contributed by atoms with E-state index >= 15 is 0 Å². The predicted octanol–water partition coefficient (Wildman–Crippen LogP) is -0.284. The van der Waals surface area contributed by atoms with E-state index in [0.29, 0.717) is 6.42 Å². The van der Waals surface area contributed by atoms with Gasteiger partial charge >= 0.3 is 0 Å². The van der Waals surface area contributed by atoms with Gasteiger partial charge in [0.15, 0.2) is 19.7 Å². The van der Waals surface area contributed by atoms with Crippen LogP contribution in [0.2, 0.25) is 0 Å². The average Bonchev–Trinajstić information content (AvgIpc) is 2.38. The molecule has 1 saturated heterocycles. The summed E-state index contributed by atoms with van der Waals surface area (Å²) >= 11 is 0. The van der Waals surface area contributed by atoms with E-state index in [1.807, 2.05) is 0 Å². The molecule has 0 amide bonds. The highest BCUT2D eigenvalue weighted by atomic mass is 32.2.